The molecular formula is C35H36F3N5O4. The first-order valence-electron chi connectivity index (χ1n) is 15.8. The minimum Gasteiger partial charge on any atom is -0.420 e. The molecule has 0 spiro atoms. The van der Waals surface area contributed by atoms with Crippen LogP contribution in [0.1, 0.15) is 64.2 Å². The first-order chi connectivity index (χ1) is 22.7. The van der Waals surface area contributed by atoms with E-state index < -0.39 is 29.5 Å². The number of halogens is 3. The van der Waals surface area contributed by atoms with Crippen molar-refractivity contribution in [1.29, 1.82) is 0 Å². The first kappa shape index (κ1) is 32.2. The molecule has 1 amide bonds. The highest BCUT2D eigenvalue weighted by molar-refractivity contribution is 5.96. The highest BCUT2D eigenvalue weighted by Crippen LogP contribution is 2.37. The van der Waals surface area contributed by atoms with Gasteiger partial charge in [-0.2, -0.15) is 18.2 Å². The lowest BCUT2D eigenvalue weighted by atomic mass is 9.90. The van der Waals surface area contributed by atoms with E-state index >= 15 is 0 Å². The lowest BCUT2D eigenvalue weighted by molar-refractivity contribution is -0.141. The third kappa shape index (κ3) is 7.48. The number of anilines is 2. The summed E-state index contributed by atoms with van der Waals surface area (Å²) in [6.45, 7) is 2.91. The van der Waals surface area contributed by atoms with Crippen molar-refractivity contribution in [3.63, 3.8) is 0 Å². The second-order valence-electron chi connectivity index (χ2n) is 11.9. The van der Waals surface area contributed by atoms with Gasteiger partial charge in [0.1, 0.15) is 5.82 Å². The minimum absolute atomic E-state index is 0.189. The van der Waals surface area contributed by atoms with Gasteiger partial charge in [0.25, 0.3) is 11.9 Å². The van der Waals surface area contributed by atoms with E-state index in [1.165, 1.54) is 11.8 Å². The second kappa shape index (κ2) is 14.0. The molecule has 0 radical (unpaired) electrons. The number of Topliss-reactive ketones (excluding diaryl/α,β-unsaturated/α-hetero) is 1. The van der Waals surface area contributed by atoms with Gasteiger partial charge in [-0.15, -0.1) is 0 Å². The van der Waals surface area contributed by atoms with E-state index in [1.54, 1.807) is 46.2 Å². The number of aliphatic hydroxyl groups excluding tert-OH is 1. The zero-order valence-electron chi connectivity index (χ0n) is 25.8. The standard InChI is InChI=1S/C35H36F3N5O4/c36-35(37,38)32-31(47-34(40-32)43-18-14-26(15-19-43)25-8-3-1-4-9-25)28(44)22-24-12-13-29(39-23-24)41-16-7-17-42(21-20-41)33(46)30(45)27-10-5-2-6-11-27/h1-6,8-13,23,26,30,45H,7,14-22H2/t30-/m1/s1. The van der Waals surface area contributed by atoms with Gasteiger partial charge in [0, 0.05) is 51.9 Å². The molecule has 0 unspecified atom stereocenters. The Kier molecular flexibility index (Phi) is 9.58. The Balaban J connectivity index is 1.08. The number of piperidine rings is 1. The number of oxazole rings is 1. The number of alkyl halides is 3. The van der Waals surface area contributed by atoms with Crippen LogP contribution in [-0.2, 0) is 17.4 Å². The van der Waals surface area contributed by atoms with Crippen molar-refractivity contribution in [3.05, 3.63) is 107 Å². The van der Waals surface area contributed by atoms with Gasteiger partial charge in [-0.05, 0) is 47.9 Å². The second-order valence-corrected chi connectivity index (χ2v) is 11.9. The maximum absolute atomic E-state index is 14.0. The summed E-state index contributed by atoms with van der Waals surface area (Å²) in [6, 6.07) is 22.0. The molecule has 2 aliphatic rings. The third-order valence-corrected chi connectivity index (χ3v) is 8.83. The largest absolute Gasteiger partial charge is 0.437 e. The van der Waals surface area contributed by atoms with Crippen LogP contribution in [0.5, 0.6) is 0 Å². The molecule has 0 saturated carbocycles. The van der Waals surface area contributed by atoms with Crippen molar-refractivity contribution >= 4 is 23.5 Å². The molecule has 0 aliphatic carbocycles. The quantitative estimate of drug-likeness (QED) is 0.244. The van der Waals surface area contributed by atoms with Gasteiger partial charge in [0.2, 0.25) is 11.5 Å². The van der Waals surface area contributed by atoms with Crippen molar-refractivity contribution in [2.24, 2.45) is 0 Å². The molecule has 6 rings (SSSR count). The Morgan fingerprint density at radius 1 is 0.872 bits per heavy atom. The van der Waals surface area contributed by atoms with Crippen LogP contribution in [0.25, 0.3) is 0 Å². The molecule has 4 aromatic rings. The molecule has 1 N–H and O–H groups in total. The molecule has 4 heterocycles. The lowest BCUT2D eigenvalue weighted by Crippen LogP contribution is -2.38. The molecule has 2 aromatic heterocycles. The maximum Gasteiger partial charge on any atom is 0.437 e. The predicted molar refractivity (Wildman–Crippen MR) is 169 cm³/mol. The molecule has 12 heteroatoms. The number of aromatic nitrogens is 2. The number of amides is 1. The average Bonchev–Trinajstić information content (AvgIpc) is 3.42. The van der Waals surface area contributed by atoms with Crippen molar-refractivity contribution in [2.75, 3.05) is 49.1 Å². The van der Waals surface area contributed by atoms with E-state index in [4.69, 9.17) is 4.42 Å². The number of aliphatic hydroxyl groups is 1. The molecule has 2 saturated heterocycles. The van der Waals surface area contributed by atoms with Gasteiger partial charge in [0.15, 0.2) is 11.8 Å². The molecule has 47 heavy (non-hydrogen) atoms. The van der Waals surface area contributed by atoms with E-state index in [1.807, 2.05) is 29.2 Å². The summed E-state index contributed by atoms with van der Waals surface area (Å²) in [6.07, 6.45) is -2.82. The van der Waals surface area contributed by atoms with Crippen LogP contribution in [0.4, 0.5) is 25.0 Å². The Morgan fingerprint density at radius 3 is 2.23 bits per heavy atom. The summed E-state index contributed by atoms with van der Waals surface area (Å²) < 4.78 is 47.4. The van der Waals surface area contributed by atoms with Gasteiger partial charge in [-0.1, -0.05) is 66.7 Å². The SMILES string of the molecule is O=C(Cc1ccc(N2CCCN(C(=O)[C@H](O)c3ccccc3)CC2)nc1)c1oc(N2CCC(c3ccccc3)CC2)nc1C(F)(F)F. The van der Waals surface area contributed by atoms with Crippen LogP contribution >= 0.6 is 0 Å². The zero-order chi connectivity index (χ0) is 33.0. The minimum atomic E-state index is -4.85. The predicted octanol–water partition coefficient (Wildman–Crippen LogP) is 5.67. The Morgan fingerprint density at radius 2 is 1.57 bits per heavy atom. The van der Waals surface area contributed by atoms with E-state index in [2.05, 4.69) is 22.1 Å². The average molecular weight is 648 g/mol. The van der Waals surface area contributed by atoms with E-state index in [0.717, 1.165) is 12.8 Å². The fourth-order valence-corrected chi connectivity index (χ4v) is 6.25. The van der Waals surface area contributed by atoms with Gasteiger partial charge in [-0.25, -0.2) is 4.98 Å². The molecule has 2 aliphatic heterocycles. The molecule has 1 atom stereocenters. The number of benzene rings is 2. The number of hydrogen-bond acceptors (Lipinski definition) is 8. The van der Waals surface area contributed by atoms with E-state index in [0.29, 0.717) is 68.6 Å². The van der Waals surface area contributed by atoms with Gasteiger partial charge >= 0.3 is 6.18 Å². The Hall–Kier alpha value is -4.71. The summed E-state index contributed by atoms with van der Waals surface area (Å²) in [5, 5.41) is 10.6. The Bertz CT molecular complexity index is 1660. The van der Waals surface area contributed by atoms with Crippen LogP contribution in [0.15, 0.2) is 83.4 Å². The van der Waals surface area contributed by atoms with Gasteiger partial charge in [-0.3, -0.25) is 9.59 Å². The van der Waals surface area contributed by atoms with Crippen LogP contribution < -0.4 is 9.80 Å². The number of ketones is 1. The number of hydrogen-bond donors (Lipinski definition) is 1. The number of carbonyl (C=O) groups is 2. The first-order valence-corrected chi connectivity index (χ1v) is 15.8. The van der Waals surface area contributed by atoms with Gasteiger partial charge < -0.3 is 24.2 Å². The summed E-state index contributed by atoms with van der Waals surface area (Å²) in [7, 11) is 0. The van der Waals surface area contributed by atoms with Crippen molar-refractivity contribution in [2.45, 2.75) is 43.9 Å². The van der Waals surface area contributed by atoms with Crippen molar-refractivity contribution < 1.29 is 32.3 Å². The lowest BCUT2D eigenvalue weighted by Gasteiger charge is -2.31. The van der Waals surface area contributed by atoms with Crippen LogP contribution in [0.2, 0.25) is 0 Å². The van der Waals surface area contributed by atoms with E-state index in [9.17, 15) is 27.9 Å². The van der Waals surface area contributed by atoms with Gasteiger partial charge in [0.05, 0.1) is 0 Å². The monoisotopic (exact) mass is 647 g/mol. The normalized spacial score (nSPS) is 17.0. The van der Waals surface area contributed by atoms with Crippen LogP contribution in [-0.4, -0.2) is 70.9 Å². The number of carbonyl (C=O) groups excluding carboxylic acids is 2. The fraction of sp³-hybridized carbons (Fsp3) is 0.371. The highest BCUT2D eigenvalue weighted by Gasteiger charge is 2.42. The van der Waals surface area contributed by atoms with Crippen molar-refractivity contribution in [3.8, 4) is 0 Å². The maximum atomic E-state index is 14.0. The number of nitrogens with zero attached hydrogens (tertiary/aromatic N) is 5. The molecule has 0 bridgehead atoms. The smallest absolute Gasteiger partial charge is 0.420 e. The molecule has 246 valence electrons. The summed E-state index contributed by atoms with van der Waals surface area (Å²) in [5.74, 6) is -1.06. The third-order valence-electron chi connectivity index (χ3n) is 8.83. The fourth-order valence-electron chi connectivity index (χ4n) is 6.25. The van der Waals surface area contributed by atoms with Crippen LogP contribution in [0, 0.1) is 0 Å². The molecule has 9 nitrogen and oxygen atoms in total. The molecule has 2 aromatic carbocycles. The van der Waals surface area contributed by atoms with Crippen LogP contribution in [0.3, 0.4) is 0 Å². The topological polar surface area (TPSA) is 103 Å². The Labute approximate surface area is 270 Å². The number of rotatable bonds is 8. The highest BCUT2D eigenvalue weighted by atomic mass is 19.4. The zero-order valence-corrected chi connectivity index (χ0v) is 25.8. The molecular weight excluding hydrogens is 611 g/mol. The molecule has 2 fully saturated rings. The van der Waals surface area contributed by atoms with E-state index in [-0.39, 0.29) is 18.3 Å². The summed E-state index contributed by atoms with van der Waals surface area (Å²) >= 11 is 0. The summed E-state index contributed by atoms with van der Waals surface area (Å²) in [4.78, 5) is 39.6. The number of pyridine rings is 1. The summed E-state index contributed by atoms with van der Waals surface area (Å²) in [5.41, 5.74) is 0.856. The van der Waals surface area contributed by atoms with Crippen molar-refractivity contribution in [1.82, 2.24) is 14.9 Å².